The molecule has 3 heteroatoms. The highest BCUT2D eigenvalue weighted by Gasteiger charge is 2.68. The average Bonchev–Trinajstić information content (AvgIpc) is 3.41. The number of hydrogen-bond acceptors (Lipinski definition) is 3. The normalized spacial score (nSPS) is 21.1. The lowest BCUT2D eigenvalue weighted by molar-refractivity contribution is 0.0402. The highest BCUT2D eigenvalue weighted by molar-refractivity contribution is 6.17. The second-order valence-corrected chi connectivity index (χ2v) is 13.9. The minimum atomic E-state index is -0.739. The van der Waals surface area contributed by atoms with E-state index in [2.05, 4.69) is 103 Å². The number of fused-ring (bicyclic) bond motifs is 11. The van der Waals surface area contributed by atoms with Crippen molar-refractivity contribution in [3.05, 3.63) is 101 Å². The lowest BCUT2D eigenvalue weighted by atomic mass is 9.46. The molecule has 5 aromatic rings. The van der Waals surface area contributed by atoms with Crippen LogP contribution in [0.3, 0.4) is 0 Å². The molecule has 0 bridgehead atoms. The summed E-state index contributed by atoms with van der Waals surface area (Å²) >= 11 is 0. The molecule has 0 fully saturated rings. The monoisotopic (exact) mass is 598 g/mol. The number of aliphatic hydroxyl groups is 1. The molecule has 7 rings (SSSR count). The van der Waals surface area contributed by atoms with Gasteiger partial charge in [-0.2, -0.15) is 0 Å². The van der Waals surface area contributed by atoms with Crippen molar-refractivity contribution in [1.29, 1.82) is 0 Å². The van der Waals surface area contributed by atoms with E-state index in [0.717, 1.165) is 87.4 Å². The van der Waals surface area contributed by atoms with Gasteiger partial charge in [-0.05, 0) is 95.2 Å². The van der Waals surface area contributed by atoms with E-state index in [1.54, 1.807) is 7.11 Å². The number of ether oxygens (including phenoxy) is 1. The Kier molecular flexibility index (Phi) is 6.61. The molecule has 2 unspecified atom stereocenters. The SMILES string of the molecule is C=C1c2ccc3cc(C(C)(CC)CC)ccc3c2-c2c(c(C)cc3c2oc2c(CCC)cccc23)C2(C)C(O)=C(OC)C12CC. The summed E-state index contributed by atoms with van der Waals surface area (Å²) in [6.07, 6.45) is 4.92. The van der Waals surface area contributed by atoms with E-state index in [1.807, 2.05) is 0 Å². The molecule has 1 heterocycles. The molecule has 0 amide bonds. The molecule has 0 spiro atoms. The Hall–Kier alpha value is -3.98. The highest BCUT2D eigenvalue weighted by Crippen LogP contribution is 2.72. The number of aryl methyl sites for hydroxylation is 2. The molecule has 2 aliphatic rings. The first kappa shape index (κ1) is 29.7. The van der Waals surface area contributed by atoms with Crippen molar-refractivity contribution in [3.63, 3.8) is 0 Å². The van der Waals surface area contributed by atoms with Crippen LogP contribution in [0.25, 0.3) is 49.4 Å². The molecule has 1 N–H and O–H groups in total. The van der Waals surface area contributed by atoms with Crippen molar-refractivity contribution in [1.82, 2.24) is 0 Å². The first-order valence-electron chi connectivity index (χ1n) is 16.8. The van der Waals surface area contributed by atoms with E-state index >= 15 is 0 Å². The summed E-state index contributed by atoms with van der Waals surface area (Å²) in [4.78, 5) is 0. The maximum Gasteiger partial charge on any atom is 0.146 e. The molecule has 0 saturated carbocycles. The maximum atomic E-state index is 12.0. The van der Waals surface area contributed by atoms with Gasteiger partial charge in [0.1, 0.15) is 22.7 Å². The molecule has 2 atom stereocenters. The third-order valence-corrected chi connectivity index (χ3v) is 12.1. The van der Waals surface area contributed by atoms with Gasteiger partial charge in [0.05, 0.1) is 17.9 Å². The van der Waals surface area contributed by atoms with Crippen molar-refractivity contribution in [2.75, 3.05) is 7.11 Å². The zero-order valence-electron chi connectivity index (χ0n) is 28.2. The van der Waals surface area contributed by atoms with Crippen LogP contribution in [-0.2, 0) is 22.0 Å². The minimum Gasteiger partial charge on any atom is -0.508 e. The van der Waals surface area contributed by atoms with Crippen LogP contribution in [-0.4, -0.2) is 12.2 Å². The van der Waals surface area contributed by atoms with Crippen LogP contribution in [0.4, 0.5) is 0 Å². The molecule has 4 aromatic carbocycles. The zero-order chi connectivity index (χ0) is 32.1. The lowest BCUT2D eigenvalue weighted by Crippen LogP contribution is -2.56. The van der Waals surface area contributed by atoms with Gasteiger partial charge in [0.25, 0.3) is 0 Å². The number of furan rings is 1. The summed E-state index contributed by atoms with van der Waals surface area (Å²) in [6.45, 7) is 20.5. The number of aliphatic hydroxyl groups excluding tert-OH is 1. The van der Waals surface area contributed by atoms with Gasteiger partial charge in [-0.25, -0.2) is 0 Å². The highest BCUT2D eigenvalue weighted by atomic mass is 16.5. The summed E-state index contributed by atoms with van der Waals surface area (Å²) in [5, 5.41) is 16.6. The molecule has 45 heavy (non-hydrogen) atoms. The first-order chi connectivity index (χ1) is 21.6. The largest absolute Gasteiger partial charge is 0.508 e. The standard InChI is InChI=1S/C42H46O3/c1-10-15-26-16-14-17-31-32-22-24(5)35-34(37(32)45-36(26)31)33-29(25(6)42(13-4)39(44-9)38(43)41(35,42)8)20-18-27-23-28(19-21-30(27)33)40(7,11-2)12-3/h14,16-23,43H,6,10-13,15H2,1-5,7-9H3. The summed E-state index contributed by atoms with van der Waals surface area (Å²) < 4.78 is 13.1. The molecule has 0 aliphatic heterocycles. The number of para-hydroxylation sites is 1. The average molecular weight is 599 g/mol. The molecular weight excluding hydrogens is 552 g/mol. The molecular formula is C42H46O3. The third-order valence-electron chi connectivity index (χ3n) is 12.1. The Labute approximate surface area is 267 Å². The molecule has 1 aromatic heterocycles. The smallest absolute Gasteiger partial charge is 0.146 e. The number of methoxy groups -OCH3 is 1. The second kappa shape index (κ2) is 10.0. The van der Waals surface area contributed by atoms with Crippen LogP contribution >= 0.6 is 0 Å². The van der Waals surface area contributed by atoms with E-state index in [0.29, 0.717) is 11.5 Å². The topological polar surface area (TPSA) is 42.6 Å². The van der Waals surface area contributed by atoms with Gasteiger partial charge in [-0.3, -0.25) is 0 Å². The Balaban J connectivity index is 1.70. The van der Waals surface area contributed by atoms with Crippen LogP contribution in [0.5, 0.6) is 0 Å². The first-order valence-corrected chi connectivity index (χ1v) is 16.8. The Morgan fingerprint density at radius 3 is 2.33 bits per heavy atom. The fraction of sp³-hybridized carbons (Fsp3) is 0.381. The number of rotatable bonds is 7. The van der Waals surface area contributed by atoms with Crippen LogP contribution in [0.1, 0.15) is 95.0 Å². The Morgan fingerprint density at radius 1 is 0.911 bits per heavy atom. The Morgan fingerprint density at radius 2 is 1.67 bits per heavy atom. The number of hydrogen-bond donors (Lipinski definition) is 1. The summed E-state index contributed by atoms with van der Waals surface area (Å²) in [7, 11) is 1.67. The third kappa shape index (κ3) is 3.48. The minimum absolute atomic E-state index is 0.114. The van der Waals surface area contributed by atoms with Crippen molar-refractivity contribution >= 4 is 38.3 Å². The summed E-state index contributed by atoms with van der Waals surface area (Å²) in [5.41, 5.74) is 9.79. The van der Waals surface area contributed by atoms with Crippen LogP contribution in [0.2, 0.25) is 0 Å². The van der Waals surface area contributed by atoms with E-state index < -0.39 is 10.8 Å². The second-order valence-electron chi connectivity index (χ2n) is 13.9. The van der Waals surface area contributed by atoms with Crippen molar-refractivity contribution in [2.24, 2.45) is 5.41 Å². The van der Waals surface area contributed by atoms with E-state index in [-0.39, 0.29) is 5.41 Å². The van der Waals surface area contributed by atoms with Gasteiger partial charge in [0.15, 0.2) is 0 Å². The van der Waals surface area contributed by atoms with Crippen LogP contribution in [0.15, 0.2) is 77.1 Å². The van der Waals surface area contributed by atoms with E-state index in [1.165, 1.54) is 21.9 Å². The quantitative estimate of drug-likeness (QED) is 0.203. The molecule has 3 nitrogen and oxygen atoms in total. The van der Waals surface area contributed by atoms with Crippen molar-refractivity contribution < 1.29 is 14.3 Å². The fourth-order valence-electron chi connectivity index (χ4n) is 9.15. The van der Waals surface area contributed by atoms with Gasteiger partial charge >= 0.3 is 0 Å². The molecule has 0 saturated heterocycles. The number of benzene rings is 4. The Bertz CT molecular complexity index is 2080. The van der Waals surface area contributed by atoms with Gasteiger partial charge in [-0.15, -0.1) is 0 Å². The lowest BCUT2D eigenvalue weighted by Gasteiger charge is -2.57. The maximum absolute atomic E-state index is 12.0. The van der Waals surface area contributed by atoms with E-state index in [9.17, 15) is 5.11 Å². The molecule has 232 valence electrons. The molecule has 0 radical (unpaired) electrons. The van der Waals surface area contributed by atoms with Crippen molar-refractivity contribution in [2.45, 2.75) is 91.4 Å². The van der Waals surface area contributed by atoms with Gasteiger partial charge in [0, 0.05) is 21.9 Å². The number of allylic oxidation sites excluding steroid dienone is 2. The van der Waals surface area contributed by atoms with E-state index in [4.69, 9.17) is 15.7 Å². The summed E-state index contributed by atoms with van der Waals surface area (Å²) in [6, 6.07) is 20.4. The zero-order valence-corrected chi connectivity index (χ0v) is 28.2. The molecule has 2 aliphatic carbocycles. The van der Waals surface area contributed by atoms with Gasteiger partial charge in [-0.1, -0.05) is 96.1 Å². The van der Waals surface area contributed by atoms with Crippen LogP contribution in [0, 0.1) is 12.3 Å². The van der Waals surface area contributed by atoms with Crippen LogP contribution < -0.4 is 0 Å². The van der Waals surface area contributed by atoms with Crippen molar-refractivity contribution in [3.8, 4) is 11.1 Å². The fourth-order valence-corrected chi connectivity index (χ4v) is 9.15. The predicted octanol–water partition coefficient (Wildman–Crippen LogP) is 11.9. The summed E-state index contributed by atoms with van der Waals surface area (Å²) in [5.74, 6) is 0.920. The van der Waals surface area contributed by atoms with Gasteiger partial charge in [0.2, 0.25) is 0 Å². The predicted molar refractivity (Wildman–Crippen MR) is 189 cm³/mol. The van der Waals surface area contributed by atoms with Gasteiger partial charge < -0.3 is 14.3 Å².